The molecule has 0 saturated heterocycles. The van der Waals surface area contributed by atoms with Gasteiger partial charge in [0.2, 0.25) is 0 Å². The molecule has 0 aromatic heterocycles. The van der Waals surface area contributed by atoms with Crippen LogP contribution in [0.2, 0.25) is 0 Å². The second kappa shape index (κ2) is 11.6. The highest BCUT2D eigenvalue weighted by Crippen LogP contribution is 2.25. The molecule has 3 aromatic carbocycles. The zero-order valence-electron chi connectivity index (χ0n) is 17.0. The Kier molecular flexibility index (Phi) is 8.30. The number of benzene rings is 3. The summed E-state index contributed by atoms with van der Waals surface area (Å²) in [4.78, 5) is 12.4. The number of unbranched alkanes of at least 4 members (excludes halogenated alkanes) is 1. The van der Waals surface area contributed by atoms with E-state index in [9.17, 15) is 4.79 Å². The van der Waals surface area contributed by atoms with Gasteiger partial charge in [-0.3, -0.25) is 0 Å². The van der Waals surface area contributed by atoms with Gasteiger partial charge in [0, 0.05) is 0 Å². The summed E-state index contributed by atoms with van der Waals surface area (Å²) in [7, 11) is 0. The summed E-state index contributed by atoms with van der Waals surface area (Å²) in [6.45, 7) is 0.876. The van der Waals surface area contributed by atoms with Gasteiger partial charge in [-0.25, -0.2) is 4.79 Å². The zero-order chi connectivity index (χ0) is 21.0. The molecule has 0 saturated carbocycles. The van der Waals surface area contributed by atoms with Crippen LogP contribution in [0.5, 0.6) is 11.5 Å². The van der Waals surface area contributed by atoms with E-state index in [-0.39, 0.29) is 12.6 Å². The molecule has 0 radical (unpaired) electrons. The van der Waals surface area contributed by atoms with Crippen molar-refractivity contribution in [3.05, 3.63) is 96.1 Å². The average Bonchev–Trinajstić information content (AvgIpc) is 2.79. The molecule has 5 heteroatoms. The summed E-state index contributed by atoms with van der Waals surface area (Å²) in [6, 6.07) is 26.9. The van der Waals surface area contributed by atoms with Gasteiger partial charge in [-0.05, 0) is 61.2 Å². The molecule has 0 spiro atoms. The van der Waals surface area contributed by atoms with Crippen LogP contribution in [0, 0.1) is 0 Å². The normalized spacial score (nSPS) is 11.5. The van der Waals surface area contributed by atoms with E-state index >= 15 is 0 Å². The van der Waals surface area contributed by atoms with E-state index in [0.29, 0.717) is 6.54 Å². The summed E-state index contributed by atoms with van der Waals surface area (Å²) in [5.74, 6) is 1.53. The van der Waals surface area contributed by atoms with Crippen molar-refractivity contribution in [3.63, 3.8) is 0 Å². The predicted molar refractivity (Wildman–Crippen MR) is 118 cm³/mol. The summed E-state index contributed by atoms with van der Waals surface area (Å²) >= 11 is 0. The summed E-state index contributed by atoms with van der Waals surface area (Å²) in [5, 5.41) is 2.99. The topological polar surface area (TPSA) is 73.6 Å². The molecule has 5 nitrogen and oxygen atoms in total. The number of hydrogen-bond donors (Lipinski definition) is 2. The zero-order valence-corrected chi connectivity index (χ0v) is 17.0. The number of nitrogens with one attached hydrogen (secondary N) is 1. The minimum atomic E-state index is -0.429. The molecule has 0 aliphatic heterocycles. The number of amides is 1. The monoisotopic (exact) mass is 404 g/mol. The van der Waals surface area contributed by atoms with Gasteiger partial charge in [0.25, 0.3) is 0 Å². The number of alkyl carbamates (subject to hydrolysis) is 1. The van der Waals surface area contributed by atoms with Gasteiger partial charge < -0.3 is 20.5 Å². The van der Waals surface area contributed by atoms with Crippen molar-refractivity contribution < 1.29 is 14.3 Å². The van der Waals surface area contributed by atoms with Crippen LogP contribution in [-0.2, 0) is 11.3 Å². The maximum Gasteiger partial charge on any atom is 0.407 e. The Morgan fingerprint density at radius 1 is 0.833 bits per heavy atom. The predicted octanol–water partition coefficient (Wildman–Crippen LogP) is 5.58. The quantitative estimate of drug-likeness (QED) is 0.433. The highest BCUT2D eigenvalue weighted by molar-refractivity contribution is 5.68. The van der Waals surface area contributed by atoms with Crippen molar-refractivity contribution in [1.82, 2.24) is 5.32 Å². The Hall–Kier alpha value is -3.31. The Labute approximate surface area is 177 Å². The summed E-state index contributed by atoms with van der Waals surface area (Å²) in [6.07, 6.45) is 2.19. The Morgan fingerprint density at radius 3 is 2.13 bits per heavy atom. The van der Waals surface area contributed by atoms with Crippen LogP contribution in [-0.4, -0.2) is 12.6 Å². The van der Waals surface area contributed by atoms with Crippen molar-refractivity contribution in [3.8, 4) is 11.5 Å². The van der Waals surface area contributed by atoms with Crippen LogP contribution in [0.15, 0.2) is 84.9 Å². The number of carbonyl (C=O) groups is 1. The van der Waals surface area contributed by atoms with Crippen molar-refractivity contribution in [2.75, 3.05) is 6.54 Å². The van der Waals surface area contributed by atoms with E-state index in [4.69, 9.17) is 15.2 Å². The first kappa shape index (κ1) is 21.4. The molecule has 0 bridgehead atoms. The molecule has 0 aliphatic carbocycles. The Bertz CT molecular complexity index is 883. The molecule has 3 N–H and O–H groups in total. The number of carbonyl (C=O) groups excluding carboxylic acids is 1. The fraction of sp³-hybridized carbons (Fsp3) is 0.240. The second-order valence-corrected chi connectivity index (χ2v) is 7.03. The third-order valence-electron chi connectivity index (χ3n) is 4.71. The van der Waals surface area contributed by atoms with Gasteiger partial charge in [-0.1, -0.05) is 60.7 Å². The van der Waals surface area contributed by atoms with Gasteiger partial charge in [0.1, 0.15) is 18.1 Å². The lowest BCUT2D eigenvalue weighted by atomic mass is 10.0. The average molecular weight is 405 g/mol. The Morgan fingerprint density at radius 2 is 1.47 bits per heavy atom. The van der Waals surface area contributed by atoms with E-state index < -0.39 is 6.09 Å². The third kappa shape index (κ3) is 6.94. The molecule has 0 fully saturated rings. The molecule has 3 aromatic rings. The van der Waals surface area contributed by atoms with Crippen LogP contribution in [0.4, 0.5) is 4.79 Å². The minimum absolute atomic E-state index is 0.148. The molecule has 156 valence electrons. The van der Waals surface area contributed by atoms with Gasteiger partial charge >= 0.3 is 6.09 Å². The molecular weight excluding hydrogens is 376 g/mol. The van der Waals surface area contributed by atoms with E-state index in [1.54, 1.807) is 0 Å². The first-order valence-electron chi connectivity index (χ1n) is 10.2. The van der Waals surface area contributed by atoms with E-state index in [0.717, 1.165) is 41.9 Å². The van der Waals surface area contributed by atoms with Crippen LogP contribution in [0.1, 0.15) is 36.4 Å². The number of rotatable bonds is 10. The van der Waals surface area contributed by atoms with Crippen LogP contribution < -0.4 is 15.8 Å². The molecule has 0 aliphatic rings. The lowest BCUT2D eigenvalue weighted by Gasteiger charge is -2.19. The fourth-order valence-electron chi connectivity index (χ4n) is 3.11. The van der Waals surface area contributed by atoms with Crippen LogP contribution >= 0.6 is 0 Å². The van der Waals surface area contributed by atoms with Crippen molar-refractivity contribution in [2.24, 2.45) is 5.73 Å². The first-order valence-corrected chi connectivity index (χ1v) is 10.2. The highest BCUT2D eigenvalue weighted by atomic mass is 16.5. The van der Waals surface area contributed by atoms with Gasteiger partial charge in [-0.2, -0.15) is 0 Å². The largest absolute Gasteiger partial charge is 0.457 e. The number of para-hydroxylation sites is 1. The standard InChI is InChI=1S/C25H28N2O3/c26-18-8-7-13-24(27-25(28)29-19-20-9-3-1-4-10-20)21-14-16-23(17-15-21)30-22-11-5-2-6-12-22/h1-6,9-12,14-17,24H,7-8,13,18-19,26H2,(H,27,28)/t24-/m0/s1. The number of ether oxygens (including phenoxy) is 2. The Balaban J connectivity index is 1.61. The number of hydrogen-bond acceptors (Lipinski definition) is 4. The summed E-state index contributed by atoms with van der Waals surface area (Å²) < 4.78 is 11.2. The smallest absolute Gasteiger partial charge is 0.407 e. The van der Waals surface area contributed by atoms with E-state index in [1.807, 2.05) is 84.9 Å². The maximum absolute atomic E-state index is 12.4. The van der Waals surface area contributed by atoms with Gasteiger partial charge in [0.05, 0.1) is 6.04 Å². The highest BCUT2D eigenvalue weighted by Gasteiger charge is 2.15. The SMILES string of the molecule is NCCCC[C@H](NC(=O)OCc1ccccc1)c1ccc(Oc2ccccc2)cc1. The molecule has 0 unspecified atom stereocenters. The second-order valence-electron chi connectivity index (χ2n) is 7.03. The lowest BCUT2D eigenvalue weighted by Crippen LogP contribution is -2.29. The van der Waals surface area contributed by atoms with E-state index in [2.05, 4.69) is 5.32 Å². The molecule has 1 amide bonds. The minimum Gasteiger partial charge on any atom is -0.457 e. The molecule has 30 heavy (non-hydrogen) atoms. The summed E-state index contributed by atoms with van der Waals surface area (Å²) in [5.41, 5.74) is 7.59. The van der Waals surface area contributed by atoms with Crippen molar-refractivity contribution in [1.29, 1.82) is 0 Å². The molecular formula is C25H28N2O3. The van der Waals surface area contributed by atoms with Gasteiger partial charge in [-0.15, -0.1) is 0 Å². The number of nitrogens with two attached hydrogens (primary N) is 1. The van der Waals surface area contributed by atoms with Crippen molar-refractivity contribution >= 4 is 6.09 Å². The fourth-order valence-corrected chi connectivity index (χ4v) is 3.11. The first-order chi connectivity index (χ1) is 14.7. The lowest BCUT2D eigenvalue weighted by molar-refractivity contribution is 0.135. The van der Waals surface area contributed by atoms with Crippen LogP contribution in [0.3, 0.4) is 0 Å². The molecule has 1 atom stereocenters. The van der Waals surface area contributed by atoms with Crippen molar-refractivity contribution in [2.45, 2.75) is 31.9 Å². The molecule has 3 rings (SSSR count). The molecule has 0 heterocycles. The third-order valence-corrected chi connectivity index (χ3v) is 4.71. The van der Waals surface area contributed by atoms with Crippen LogP contribution in [0.25, 0.3) is 0 Å². The maximum atomic E-state index is 12.4. The van der Waals surface area contributed by atoms with E-state index in [1.165, 1.54) is 0 Å². The van der Waals surface area contributed by atoms with Gasteiger partial charge in [0.15, 0.2) is 0 Å².